The first kappa shape index (κ1) is 15.6. The first-order valence-corrected chi connectivity index (χ1v) is 6.92. The van der Waals surface area contributed by atoms with Crippen LogP contribution in [0.15, 0.2) is 40.8 Å². The highest BCUT2D eigenvalue weighted by Gasteiger charge is 2.18. The highest BCUT2D eigenvalue weighted by molar-refractivity contribution is 6.17. The number of hydrogen-bond acceptors (Lipinski definition) is 4. The molecule has 0 fully saturated rings. The minimum absolute atomic E-state index is 0.133. The summed E-state index contributed by atoms with van der Waals surface area (Å²) in [6.07, 6.45) is -1.63. The van der Waals surface area contributed by atoms with Crippen LogP contribution in [0.4, 0.5) is 0 Å². The summed E-state index contributed by atoms with van der Waals surface area (Å²) in [6, 6.07) is 9.63. The molecule has 112 valence electrons. The van der Waals surface area contributed by atoms with Crippen LogP contribution in [0.25, 0.3) is 11.3 Å². The van der Waals surface area contributed by atoms with Gasteiger partial charge in [0.15, 0.2) is 0 Å². The van der Waals surface area contributed by atoms with Crippen molar-refractivity contribution in [1.29, 1.82) is 0 Å². The lowest BCUT2D eigenvalue weighted by molar-refractivity contribution is 0.0170. The zero-order chi connectivity index (χ0) is 15.4. The van der Waals surface area contributed by atoms with E-state index in [2.05, 4.69) is 0 Å². The third-order valence-corrected chi connectivity index (χ3v) is 3.34. The molecule has 2 atom stereocenters. The molecule has 3 N–H and O–H groups in total. The second-order valence-corrected chi connectivity index (χ2v) is 4.96. The molecule has 0 aliphatic carbocycles. The van der Waals surface area contributed by atoms with Gasteiger partial charge in [-0.2, -0.15) is 0 Å². The molecule has 1 heterocycles. The van der Waals surface area contributed by atoms with Crippen molar-refractivity contribution in [2.24, 2.45) is 0 Å². The number of hydrogen-bond donors (Lipinski definition) is 3. The summed E-state index contributed by atoms with van der Waals surface area (Å²) in [4.78, 5) is 10.8. The Balaban J connectivity index is 2.16. The fourth-order valence-electron chi connectivity index (χ4n) is 1.94. The maximum absolute atomic E-state index is 10.8. The molecule has 0 bridgehead atoms. The number of carboxylic acid groups (broad SMARTS) is 1. The van der Waals surface area contributed by atoms with Gasteiger partial charge in [0.2, 0.25) is 5.76 Å². The second kappa shape index (κ2) is 6.76. The van der Waals surface area contributed by atoms with Gasteiger partial charge in [-0.05, 0) is 24.1 Å². The van der Waals surface area contributed by atoms with E-state index in [9.17, 15) is 15.0 Å². The monoisotopic (exact) mass is 310 g/mol. The average molecular weight is 311 g/mol. The molecule has 0 spiro atoms. The highest BCUT2D eigenvalue weighted by atomic mass is 35.5. The molecule has 21 heavy (non-hydrogen) atoms. The summed E-state index contributed by atoms with van der Waals surface area (Å²) < 4.78 is 5.19. The van der Waals surface area contributed by atoms with E-state index >= 15 is 0 Å². The minimum atomic E-state index is -1.13. The lowest BCUT2D eigenvalue weighted by Crippen LogP contribution is -2.18. The number of rotatable bonds is 6. The van der Waals surface area contributed by atoms with Gasteiger partial charge in [0.05, 0.1) is 6.10 Å². The van der Waals surface area contributed by atoms with Gasteiger partial charge in [-0.25, -0.2) is 4.79 Å². The smallest absolute Gasteiger partial charge is 0.371 e. The topological polar surface area (TPSA) is 90.9 Å². The molecule has 5 nitrogen and oxygen atoms in total. The Morgan fingerprint density at radius 2 is 1.81 bits per heavy atom. The Labute approximate surface area is 126 Å². The quantitative estimate of drug-likeness (QED) is 0.714. The second-order valence-electron chi connectivity index (χ2n) is 4.58. The average Bonchev–Trinajstić information content (AvgIpc) is 2.97. The normalized spacial score (nSPS) is 13.9. The Hall–Kier alpha value is -1.82. The van der Waals surface area contributed by atoms with Crippen LogP contribution in [0.1, 0.15) is 28.6 Å². The molecule has 1 aromatic carbocycles. The zero-order valence-corrected chi connectivity index (χ0v) is 11.8. The van der Waals surface area contributed by atoms with Crippen molar-refractivity contribution in [3.05, 3.63) is 47.7 Å². The summed E-state index contributed by atoms with van der Waals surface area (Å²) >= 11 is 5.53. The summed E-state index contributed by atoms with van der Waals surface area (Å²) in [5.41, 5.74) is 1.24. The first-order valence-electron chi connectivity index (χ1n) is 6.38. The van der Waals surface area contributed by atoms with Crippen molar-refractivity contribution in [1.82, 2.24) is 0 Å². The van der Waals surface area contributed by atoms with E-state index in [4.69, 9.17) is 21.1 Å². The fraction of sp³-hybridized carbons (Fsp3) is 0.267. The van der Waals surface area contributed by atoms with Crippen molar-refractivity contribution in [3.63, 3.8) is 0 Å². The number of benzene rings is 1. The molecule has 6 heteroatoms. The van der Waals surface area contributed by atoms with Crippen molar-refractivity contribution in [3.8, 4) is 11.3 Å². The van der Waals surface area contributed by atoms with E-state index in [-0.39, 0.29) is 11.6 Å². The van der Waals surface area contributed by atoms with E-state index in [1.807, 2.05) is 0 Å². The molecular weight excluding hydrogens is 296 g/mol. The largest absolute Gasteiger partial charge is 0.475 e. The molecule has 0 aliphatic heterocycles. The van der Waals surface area contributed by atoms with Crippen LogP contribution in [0, 0.1) is 0 Å². The number of carbonyl (C=O) groups is 1. The molecule has 2 unspecified atom stereocenters. The van der Waals surface area contributed by atoms with Crippen molar-refractivity contribution < 1.29 is 24.5 Å². The predicted octanol–water partition coefficient (Wildman–Crippen LogP) is 2.67. The standard InChI is InChI=1S/C15H15ClO5/c16-8-7-11(17)14(18)10-3-1-9(2-4-10)12-5-6-13(21-12)15(19)20/h1-6,11,14,17-18H,7-8H2,(H,19,20). The van der Waals surface area contributed by atoms with E-state index in [0.717, 1.165) is 0 Å². The molecule has 1 aromatic heterocycles. The van der Waals surface area contributed by atoms with Gasteiger partial charge in [0.25, 0.3) is 0 Å². The van der Waals surface area contributed by atoms with Crippen LogP contribution in [-0.2, 0) is 0 Å². The maximum atomic E-state index is 10.8. The highest BCUT2D eigenvalue weighted by Crippen LogP contribution is 2.26. The Bertz CT molecular complexity index is 605. The van der Waals surface area contributed by atoms with Gasteiger partial charge in [0.1, 0.15) is 11.9 Å². The van der Waals surface area contributed by atoms with E-state index in [1.165, 1.54) is 6.07 Å². The van der Waals surface area contributed by atoms with Crippen LogP contribution in [0.2, 0.25) is 0 Å². The van der Waals surface area contributed by atoms with Crippen LogP contribution in [-0.4, -0.2) is 33.3 Å². The maximum Gasteiger partial charge on any atom is 0.371 e. The third kappa shape index (κ3) is 3.64. The fourth-order valence-corrected chi connectivity index (χ4v) is 2.17. The third-order valence-electron chi connectivity index (χ3n) is 3.12. The van der Waals surface area contributed by atoms with Crippen LogP contribution in [0.3, 0.4) is 0 Å². The van der Waals surface area contributed by atoms with Gasteiger partial charge >= 0.3 is 5.97 Å². The number of aliphatic hydroxyl groups is 2. The number of furan rings is 1. The molecule has 2 aromatic rings. The Kier molecular flexibility index (Phi) is 5.01. The summed E-state index contributed by atoms with van der Waals surface area (Å²) in [6.45, 7) is 0. The lowest BCUT2D eigenvalue weighted by Gasteiger charge is -2.17. The molecule has 0 aliphatic rings. The SMILES string of the molecule is O=C(O)c1ccc(-c2ccc(C(O)C(O)CCCl)cc2)o1. The molecular formula is C15H15ClO5. The van der Waals surface area contributed by atoms with Gasteiger partial charge in [-0.3, -0.25) is 0 Å². The number of alkyl halides is 1. The molecule has 0 radical (unpaired) electrons. The first-order chi connectivity index (χ1) is 10.0. The van der Waals surface area contributed by atoms with Gasteiger partial charge in [-0.1, -0.05) is 24.3 Å². The molecule has 0 saturated heterocycles. The number of aromatic carboxylic acids is 1. The van der Waals surface area contributed by atoms with Crippen LogP contribution in [0.5, 0.6) is 0 Å². The molecule has 2 rings (SSSR count). The number of halogens is 1. The summed E-state index contributed by atoms with van der Waals surface area (Å²) in [7, 11) is 0. The van der Waals surface area contributed by atoms with Crippen LogP contribution < -0.4 is 0 Å². The number of aliphatic hydroxyl groups excluding tert-OH is 2. The van der Waals surface area contributed by atoms with E-state index in [0.29, 0.717) is 23.3 Å². The summed E-state index contributed by atoms with van der Waals surface area (Å²) in [5, 5.41) is 28.5. The van der Waals surface area contributed by atoms with Gasteiger partial charge in [-0.15, -0.1) is 11.6 Å². The Morgan fingerprint density at radius 3 is 2.33 bits per heavy atom. The van der Waals surface area contributed by atoms with Gasteiger partial charge in [0, 0.05) is 11.4 Å². The van der Waals surface area contributed by atoms with E-state index < -0.39 is 18.2 Å². The predicted molar refractivity (Wildman–Crippen MR) is 77.4 cm³/mol. The van der Waals surface area contributed by atoms with Crippen molar-refractivity contribution >= 4 is 17.6 Å². The van der Waals surface area contributed by atoms with Crippen molar-refractivity contribution in [2.75, 3.05) is 5.88 Å². The minimum Gasteiger partial charge on any atom is -0.475 e. The number of carboxylic acids is 1. The van der Waals surface area contributed by atoms with Crippen molar-refractivity contribution in [2.45, 2.75) is 18.6 Å². The van der Waals surface area contributed by atoms with Crippen LogP contribution >= 0.6 is 11.6 Å². The zero-order valence-electron chi connectivity index (χ0n) is 11.1. The Morgan fingerprint density at radius 1 is 1.14 bits per heavy atom. The molecule has 0 saturated carbocycles. The van der Waals surface area contributed by atoms with E-state index in [1.54, 1.807) is 30.3 Å². The lowest BCUT2D eigenvalue weighted by atomic mass is 10.0. The molecule has 0 amide bonds. The summed E-state index contributed by atoms with van der Waals surface area (Å²) in [5.74, 6) is -0.570. The van der Waals surface area contributed by atoms with Gasteiger partial charge < -0.3 is 19.7 Å².